The van der Waals surface area contributed by atoms with Crippen LogP contribution in [0.15, 0.2) is 24.9 Å². The Labute approximate surface area is 83.9 Å². The van der Waals surface area contributed by atoms with E-state index < -0.39 is 0 Å². The van der Waals surface area contributed by atoms with Gasteiger partial charge in [0.05, 0.1) is 11.7 Å². The first-order valence-electron chi connectivity index (χ1n) is 4.68. The van der Waals surface area contributed by atoms with Crippen LogP contribution in [-0.2, 0) is 7.05 Å². The van der Waals surface area contributed by atoms with Gasteiger partial charge in [0.15, 0.2) is 0 Å². The van der Waals surface area contributed by atoms with E-state index in [1.807, 2.05) is 24.9 Å². The molecule has 0 aliphatic carbocycles. The van der Waals surface area contributed by atoms with Gasteiger partial charge < -0.3 is 0 Å². The smallest absolute Gasteiger partial charge is 0.0756 e. The topological polar surface area (TPSA) is 17.8 Å². The van der Waals surface area contributed by atoms with Crippen LogP contribution < -0.4 is 0 Å². The van der Waals surface area contributed by atoms with Gasteiger partial charge in [-0.15, -0.1) is 0 Å². The fourth-order valence-electron chi connectivity index (χ4n) is 1.91. The largest absolute Gasteiger partial charge is 0.267 e. The molecular weight excluding hydrogens is 172 g/mol. The van der Waals surface area contributed by atoms with Crippen LogP contribution in [0.25, 0.3) is 16.5 Å². The predicted molar refractivity (Wildman–Crippen MR) is 60.2 cm³/mol. The number of nitrogens with zero attached hydrogens (tertiary/aromatic N) is 2. The molecule has 1 aromatic heterocycles. The summed E-state index contributed by atoms with van der Waals surface area (Å²) in [5.41, 5.74) is 4.75. The summed E-state index contributed by atoms with van der Waals surface area (Å²) in [6, 6.07) is 4.22. The monoisotopic (exact) mass is 186 g/mol. The van der Waals surface area contributed by atoms with Crippen LogP contribution in [-0.4, -0.2) is 9.78 Å². The molecule has 0 unspecified atom stereocenters. The van der Waals surface area contributed by atoms with Crippen molar-refractivity contribution in [3.8, 4) is 0 Å². The third-order valence-electron chi connectivity index (χ3n) is 2.54. The second-order valence-electron chi connectivity index (χ2n) is 3.74. The summed E-state index contributed by atoms with van der Waals surface area (Å²) in [5.74, 6) is 0. The molecule has 0 atom stereocenters. The van der Waals surface area contributed by atoms with E-state index in [1.165, 1.54) is 22.0 Å². The number of aromatic nitrogens is 2. The fraction of sp³-hybridized carbons (Fsp3) is 0.250. The van der Waals surface area contributed by atoms with Crippen LogP contribution in [0.5, 0.6) is 0 Å². The highest BCUT2D eigenvalue weighted by molar-refractivity contribution is 5.91. The minimum atomic E-state index is 1.09. The number of hydrogen-bond donors (Lipinski definition) is 0. The average molecular weight is 186 g/mol. The van der Waals surface area contributed by atoms with E-state index in [4.69, 9.17) is 0 Å². The fourth-order valence-corrected chi connectivity index (χ4v) is 1.91. The van der Waals surface area contributed by atoms with Crippen molar-refractivity contribution in [2.24, 2.45) is 7.05 Å². The molecular formula is C12H14N2. The Hall–Kier alpha value is -1.57. The molecule has 2 aromatic rings. The van der Waals surface area contributed by atoms with Crippen LogP contribution in [0.3, 0.4) is 0 Å². The Balaban J connectivity index is 2.94. The van der Waals surface area contributed by atoms with Gasteiger partial charge in [0.1, 0.15) is 0 Å². The Morgan fingerprint density at radius 1 is 1.43 bits per heavy atom. The van der Waals surface area contributed by atoms with E-state index in [0.29, 0.717) is 0 Å². The second kappa shape index (κ2) is 2.98. The molecule has 1 heterocycles. The lowest BCUT2D eigenvalue weighted by Crippen LogP contribution is -1.95. The lowest BCUT2D eigenvalue weighted by Gasteiger charge is -2.08. The summed E-state index contributed by atoms with van der Waals surface area (Å²) in [6.45, 7) is 8.16. The van der Waals surface area contributed by atoms with Crippen molar-refractivity contribution < 1.29 is 0 Å². The SMILES string of the molecule is C=C(C)c1c(C)ccc2cnn(C)c12. The zero-order valence-corrected chi connectivity index (χ0v) is 8.83. The summed E-state index contributed by atoms with van der Waals surface area (Å²) in [4.78, 5) is 0. The van der Waals surface area contributed by atoms with Crippen molar-refractivity contribution in [2.75, 3.05) is 0 Å². The highest BCUT2D eigenvalue weighted by Gasteiger charge is 2.08. The Morgan fingerprint density at radius 3 is 2.79 bits per heavy atom. The summed E-state index contributed by atoms with van der Waals surface area (Å²) < 4.78 is 1.91. The molecule has 72 valence electrons. The minimum absolute atomic E-state index is 1.09. The Kier molecular flexibility index (Phi) is 1.92. The second-order valence-corrected chi connectivity index (χ2v) is 3.74. The molecule has 0 amide bonds. The molecule has 1 aromatic carbocycles. The summed E-state index contributed by atoms with van der Waals surface area (Å²) >= 11 is 0. The standard InChI is InChI=1S/C12H14N2/c1-8(2)11-9(3)5-6-10-7-13-14(4)12(10)11/h5-7H,1H2,2-4H3. The molecule has 0 saturated carbocycles. The van der Waals surface area contributed by atoms with Crippen LogP contribution in [0.4, 0.5) is 0 Å². The minimum Gasteiger partial charge on any atom is -0.267 e. The number of allylic oxidation sites excluding steroid dienone is 1. The predicted octanol–water partition coefficient (Wildman–Crippen LogP) is 2.91. The van der Waals surface area contributed by atoms with Gasteiger partial charge in [0.25, 0.3) is 0 Å². The summed E-state index contributed by atoms with van der Waals surface area (Å²) in [6.07, 6.45) is 1.89. The Morgan fingerprint density at radius 2 is 2.14 bits per heavy atom. The first kappa shape index (κ1) is 9.00. The van der Waals surface area contributed by atoms with Gasteiger partial charge in [-0.2, -0.15) is 5.10 Å². The van der Waals surface area contributed by atoms with Crippen LogP contribution >= 0.6 is 0 Å². The number of fused-ring (bicyclic) bond motifs is 1. The molecule has 0 spiro atoms. The van der Waals surface area contributed by atoms with Gasteiger partial charge in [-0.1, -0.05) is 18.7 Å². The van der Waals surface area contributed by atoms with E-state index in [-0.39, 0.29) is 0 Å². The van der Waals surface area contributed by atoms with Crippen molar-refractivity contribution in [2.45, 2.75) is 13.8 Å². The maximum Gasteiger partial charge on any atom is 0.0756 e. The first-order valence-corrected chi connectivity index (χ1v) is 4.68. The van der Waals surface area contributed by atoms with E-state index >= 15 is 0 Å². The molecule has 0 radical (unpaired) electrons. The van der Waals surface area contributed by atoms with Gasteiger partial charge in [-0.25, -0.2) is 0 Å². The summed E-state index contributed by atoms with van der Waals surface area (Å²) in [7, 11) is 1.97. The molecule has 2 heteroatoms. The lowest BCUT2D eigenvalue weighted by molar-refractivity contribution is 0.795. The zero-order valence-electron chi connectivity index (χ0n) is 8.83. The molecule has 0 aliphatic heterocycles. The summed E-state index contributed by atoms with van der Waals surface area (Å²) in [5, 5.41) is 5.43. The third kappa shape index (κ3) is 1.15. The van der Waals surface area contributed by atoms with Crippen molar-refractivity contribution >= 4 is 16.5 Å². The van der Waals surface area contributed by atoms with Gasteiger partial charge >= 0.3 is 0 Å². The number of aryl methyl sites for hydroxylation is 2. The van der Waals surface area contributed by atoms with Crippen molar-refractivity contribution in [1.82, 2.24) is 9.78 Å². The normalized spacial score (nSPS) is 10.8. The Bertz CT molecular complexity index is 506. The van der Waals surface area contributed by atoms with E-state index in [9.17, 15) is 0 Å². The van der Waals surface area contributed by atoms with Crippen molar-refractivity contribution in [3.63, 3.8) is 0 Å². The quantitative estimate of drug-likeness (QED) is 0.669. The number of rotatable bonds is 1. The maximum atomic E-state index is 4.26. The van der Waals surface area contributed by atoms with Crippen molar-refractivity contribution in [1.29, 1.82) is 0 Å². The molecule has 2 nitrogen and oxygen atoms in total. The van der Waals surface area contributed by atoms with E-state index in [1.54, 1.807) is 0 Å². The molecule has 0 N–H and O–H groups in total. The molecule has 2 rings (SSSR count). The van der Waals surface area contributed by atoms with E-state index in [0.717, 1.165) is 5.57 Å². The third-order valence-corrected chi connectivity index (χ3v) is 2.54. The molecule has 0 aliphatic rings. The molecule has 14 heavy (non-hydrogen) atoms. The molecule has 0 fully saturated rings. The molecule has 0 bridgehead atoms. The van der Waals surface area contributed by atoms with Gasteiger partial charge in [-0.3, -0.25) is 4.68 Å². The molecule has 0 saturated heterocycles. The van der Waals surface area contributed by atoms with Crippen LogP contribution in [0.1, 0.15) is 18.1 Å². The highest BCUT2D eigenvalue weighted by atomic mass is 15.2. The lowest BCUT2D eigenvalue weighted by atomic mass is 10.00. The average Bonchev–Trinajstić information content (AvgIpc) is 2.47. The number of hydrogen-bond acceptors (Lipinski definition) is 1. The van der Waals surface area contributed by atoms with Crippen LogP contribution in [0, 0.1) is 6.92 Å². The van der Waals surface area contributed by atoms with Crippen LogP contribution in [0.2, 0.25) is 0 Å². The maximum absolute atomic E-state index is 4.26. The number of benzene rings is 1. The van der Waals surface area contributed by atoms with Gasteiger partial charge in [0, 0.05) is 18.0 Å². The first-order chi connectivity index (χ1) is 6.61. The van der Waals surface area contributed by atoms with E-state index in [2.05, 4.69) is 30.7 Å². The van der Waals surface area contributed by atoms with Crippen molar-refractivity contribution in [3.05, 3.63) is 36.0 Å². The van der Waals surface area contributed by atoms with Gasteiger partial charge in [-0.05, 0) is 25.0 Å². The highest BCUT2D eigenvalue weighted by Crippen LogP contribution is 2.26. The van der Waals surface area contributed by atoms with Gasteiger partial charge in [0.2, 0.25) is 0 Å². The zero-order chi connectivity index (χ0) is 10.3.